The summed E-state index contributed by atoms with van der Waals surface area (Å²) in [6.45, 7) is 1.87. The third kappa shape index (κ3) is 2.25. The number of rotatable bonds is 2. The molecule has 0 aliphatic rings. The molecule has 0 aliphatic carbocycles. The molecule has 4 heteroatoms. The third-order valence-electron chi connectivity index (χ3n) is 2.06. The van der Waals surface area contributed by atoms with Crippen LogP contribution in [-0.2, 0) is 0 Å². The summed E-state index contributed by atoms with van der Waals surface area (Å²) in [6, 6.07) is 7.60. The first-order valence-electron chi connectivity index (χ1n) is 4.38. The molecule has 1 N–H and O–H groups in total. The standard InChI is InChI=1S/C11H10N2O.ClH/c1-8-4-5-9(11(7-14)13-8)10-3-2-6-12-10;/h2-7,12H,1H3;1H. The number of H-pyrrole nitrogens is 1. The fourth-order valence-corrected chi connectivity index (χ4v) is 1.39. The van der Waals surface area contributed by atoms with E-state index in [4.69, 9.17) is 0 Å². The number of aromatic amines is 1. The van der Waals surface area contributed by atoms with Gasteiger partial charge < -0.3 is 4.98 Å². The van der Waals surface area contributed by atoms with E-state index >= 15 is 0 Å². The Kier molecular flexibility index (Phi) is 3.63. The molecule has 2 aromatic rings. The van der Waals surface area contributed by atoms with Crippen molar-refractivity contribution in [2.45, 2.75) is 6.92 Å². The number of halogens is 1. The minimum atomic E-state index is 0. The number of hydrogen-bond acceptors (Lipinski definition) is 2. The van der Waals surface area contributed by atoms with Crippen molar-refractivity contribution in [1.82, 2.24) is 9.97 Å². The quantitative estimate of drug-likeness (QED) is 0.794. The molecule has 0 amide bonds. The maximum Gasteiger partial charge on any atom is 0.169 e. The molecule has 0 aliphatic heterocycles. The lowest BCUT2D eigenvalue weighted by Crippen LogP contribution is -1.94. The molecule has 0 bridgehead atoms. The minimum Gasteiger partial charge on any atom is -0.361 e. The molecule has 0 saturated heterocycles. The van der Waals surface area contributed by atoms with Crippen LogP contribution in [0.4, 0.5) is 0 Å². The second-order valence-electron chi connectivity index (χ2n) is 3.09. The summed E-state index contributed by atoms with van der Waals surface area (Å²) in [5, 5.41) is 0. The second-order valence-corrected chi connectivity index (χ2v) is 3.09. The van der Waals surface area contributed by atoms with Gasteiger partial charge in [-0.15, -0.1) is 12.4 Å². The Morgan fingerprint density at radius 3 is 2.73 bits per heavy atom. The molecule has 0 spiro atoms. The van der Waals surface area contributed by atoms with Crippen molar-refractivity contribution in [3.63, 3.8) is 0 Å². The number of nitrogens with zero attached hydrogens (tertiary/aromatic N) is 1. The topological polar surface area (TPSA) is 45.8 Å². The number of carbonyl (C=O) groups is 1. The molecule has 0 saturated carbocycles. The van der Waals surface area contributed by atoms with Gasteiger partial charge in [-0.3, -0.25) is 4.79 Å². The lowest BCUT2D eigenvalue weighted by molar-refractivity contribution is 0.111. The number of aryl methyl sites for hydroxylation is 1. The predicted octanol–water partition coefficient (Wildman–Crippen LogP) is 2.62. The highest BCUT2D eigenvalue weighted by atomic mass is 35.5. The van der Waals surface area contributed by atoms with Gasteiger partial charge in [0.15, 0.2) is 6.29 Å². The van der Waals surface area contributed by atoms with Gasteiger partial charge in [0.25, 0.3) is 0 Å². The summed E-state index contributed by atoms with van der Waals surface area (Å²) in [6.07, 6.45) is 2.60. The molecule has 2 heterocycles. The summed E-state index contributed by atoms with van der Waals surface area (Å²) in [5.74, 6) is 0. The summed E-state index contributed by atoms with van der Waals surface area (Å²) in [4.78, 5) is 18.0. The average molecular weight is 223 g/mol. The van der Waals surface area contributed by atoms with E-state index in [0.717, 1.165) is 23.2 Å². The molecule has 0 radical (unpaired) electrons. The van der Waals surface area contributed by atoms with Gasteiger partial charge >= 0.3 is 0 Å². The van der Waals surface area contributed by atoms with Crippen LogP contribution in [0.25, 0.3) is 11.3 Å². The van der Waals surface area contributed by atoms with Gasteiger partial charge in [0.1, 0.15) is 5.69 Å². The minimum absolute atomic E-state index is 0. The van der Waals surface area contributed by atoms with Crippen molar-refractivity contribution in [1.29, 1.82) is 0 Å². The van der Waals surface area contributed by atoms with E-state index in [1.165, 1.54) is 0 Å². The highest BCUT2D eigenvalue weighted by Crippen LogP contribution is 2.19. The van der Waals surface area contributed by atoms with Crippen molar-refractivity contribution >= 4 is 18.7 Å². The highest BCUT2D eigenvalue weighted by Gasteiger charge is 2.05. The first-order chi connectivity index (χ1) is 6.81. The Morgan fingerprint density at radius 2 is 2.13 bits per heavy atom. The van der Waals surface area contributed by atoms with Crippen LogP contribution in [0.5, 0.6) is 0 Å². The largest absolute Gasteiger partial charge is 0.361 e. The Hall–Kier alpha value is -1.61. The van der Waals surface area contributed by atoms with E-state index in [-0.39, 0.29) is 12.4 Å². The molecule has 0 fully saturated rings. The lowest BCUT2D eigenvalue weighted by Gasteiger charge is -2.02. The van der Waals surface area contributed by atoms with E-state index < -0.39 is 0 Å². The van der Waals surface area contributed by atoms with Crippen molar-refractivity contribution in [3.05, 3.63) is 41.9 Å². The van der Waals surface area contributed by atoms with Crippen LogP contribution in [-0.4, -0.2) is 16.3 Å². The molecule has 0 unspecified atom stereocenters. The van der Waals surface area contributed by atoms with Gasteiger partial charge in [0.2, 0.25) is 0 Å². The maximum absolute atomic E-state index is 10.8. The van der Waals surface area contributed by atoms with Crippen LogP contribution >= 0.6 is 12.4 Å². The van der Waals surface area contributed by atoms with E-state index in [9.17, 15) is 4.79 Å². The molecule has 2 rings (SSSR count). The monoisotopic (exact) mass is 222 g/mol. The van der Waals surface area contributed by atoms with Crippen molar-refractivity contribution in [2.24, 2.45) is 0 Å². The van der Waals surface area contributed by atoms with Crippen LogP contribution in [0.1, 0.15) is 16.2 Å². The van der Waals surface area contributed by atoms with Crippen molar-refractivity contribution < 1.29 is 4.79 Å². The predicted molar refractivity (Wildman–Crippen MR) is 61.4 cm³/mol. The van der Waals surface area contributed by atoms with E-state index in [0.29, 0.717) is 5.69 Å². The average Bonchev–Trinajstić information content (AvgIpc) is 2.70. The number of carbonyl (C=O) groups excluding carboxylic acids is 1. The van der Waals surface area contributed by atoms with Gasteiger partial charge in [-0.05, 0) is 31.2 Å². The molecule has 2 aromatic heterocycles. The summed E-state index contributed by atoms with van der Waals surface area (Å²) in [5.41, 5.74) is 3.09. The summed E-state index contributed by atoms with van der Waals surface area (Å²) >= 11 is 0. The van der Waals surface area contributed by atoms with Gasteiger partial charge in [0.05, 0.1) is 0 Å². The van der Waals surface area contributed by atoms with E-state index in [1.54, 1.807) is 0 Å². The molecular formula is C11H11ClN2O. The van der Waals surface area contributed by atoms with Gasteiger partial charge in [-0.1, -0.05) is 0 Å². The first-order valence-corrected chi connectivity index (χ1v) is 4.38. The van der Waals surface area contributed by atoms with E-state index in [1.807, 2.05) is 37.4 Å². The smallest absolute Gasteiger partial charge is 0.169 e. The zero-order valence-corrected chi connectivity index (χ0v) is 9.04. The lowest BCUT2D eigenvalue weighted by atomic mass is 10.1. The zero-order chi connectivity index (χ0) is 9.97. The van der Waals surface area contributed by atoms with E-state index in [2.05, 4.69) is 9.97 Å². The zero-order valence-electron chi connectivity index (χ0n) is 8.23. The Morgan fingerprint density at radius 1 is 1.33 bits per heavy atom. The molecule has 0 atom stereocenters. The van der Waals surface area contributed by atoms with Crippen LogP contribution in [0.3, 0.4) is 0 Å². The fourth-order valence-electron chi connectivity index (χ4n) is 1.39. The van der Waals surface area contributed by atoms with Gasteiger partial charge in [0, 0.05) is 23.1 Å². The summed E-state index contributed by atoms with van der Waals surface area (Å²) in [7, 11) is 0. The number of aldehydes is 1. The molecule has 3 nitrogen and oxygen atoms in total. The SMILES string of the molecule is Cc1ccc(-c2ccc[nH]2)c(C=O)n1.Cl. The van der Waals surface area contributed by atoms with Crippen LogP contribution in [0.15, 0.2) is 30.5 Å². The molecule has 78 valence electrons. The van der Waals surface area contributed by atoms with Crippen LogP contribution < -0.4 is 0 Å². The van der Waals surface area contributed by atoms with Crippen molar-refractivity contribution in [3.8, 4) is 11.3 Å². The molecule has 0 aromatic carbocycles. The Labute approximate surface area is 94.0 Å². The Bertz CT molecular complexity index is 452. The molecular weight excluding hydrogens is 212 g/mol. The van der Waals surface area contributed by atoms with Crippen molar-refractivity contribution in [2.75, 3.05) is 0 Å². The molecule has 15 heavy (non-hydrogen) atoms. The maximum atomic E-state index is 10.8. The van der Waals surface area contributed by atoms with Crippen LogP contribution in [0.2, 0.25) is 0 Å². The fraction of sp³-hybridized carbons (Fsp3) is 0.0909. The second kappa shape index (κ2) is 4.75. The van der Waals surface area contributed by atoms with Crippen LogP contribution in [0, 0.1) is 6.92 Å². The normalized spacial score (nSPS) is 9.40. The third-order valence-corrected chi connectivity index (χ3v) is 2.06. The summed E-state index contributed by atoms with van der Waals surface area (Å²) < 4.78 is 0. The number of aromatic nitrogens is 2. The van der Waals surface area contributed by atoms with Gasteiger partial charge in [-0.25, -0.2) is 4.98 Å². The first kappa shape index (κ1) is 11.5. The van der Waals surface area contributed by atoms with Gasteiger partial charge in [-0.2, -0.15) is 0 Å². The highest BCUT2D eigenvalue weighted by molar-refractivity contribution is 5.85. The Balaban J connectivity index is 0.00000112. The number of nitrogens with one attached hydrogen (secondary N) is 1. The number of hydrogen-bond donors (Lipinski definition) is 1. The number of pyridine rings is 1.